The maximum atomic E-state index is 17.3. The van der Waals surface area contributed by atoms with E-state index < -0.39 is 17.8 Å². The van der Waals surface area contributed by atoms with Gasteiger partial charge in [-0.05, 0) is 96.6 Å². The average molecular weight is 443 g/mol. The van der Waals surface area contributed by atoms with Crippen molar-refractivity contribution in [1.29, 1.82) is 0 Å². The minimum atomic E-state index is -1.73. The van der Waals surface area contributed by atoms with Crippen molar-refractivity contribution < 1.29 is 18.3 Å². The molecule has 8 unspecified atom stereocenters. The Kier molecular flexibility index (Phi) is 4.90. The van der Waals surface area contributed by atoms with Gasteiger partial charge in [-0.15, -0.1) is 0 Å². The van der Waals surface area contributed by atoms with Crippen LogP contribution in [0.15, 0.2) is 45.6 Å². The molecule has 0 bridgehead atoms. The zero-order chi connectivity index (χ0) is 22.4. The predicted octanol–water partition coefficient (Wildman–Crippen LogP) is 6.44. The molecule has 0 aromatic heterocycles. The molecule has 9 atom stereocenters. The summed E-state index contributed by atoms with van der Waals surface area (Å²) in [6.45, 7) is 9.58. The van der Waals surface area contributed by atoms with Crippen molar-refractivity contribution in [2.75, 3.05) is 13.2 Å². The first-order chi connectivity index (χ1) is 15.3. The van der Waals surface area contributed by atoms with Crippen LogP contribution in [0, 0.1) is 29.6 Å². The van der Waals surface area contributed by atoms with Crippen LogP contribution in [-0.2, 0) is 9.47 Å². The summed E-state index contributed by atoms with van der Waals surface area (Å²) < 4.78 is 45.8. The fourth-order valence-corrected chi connectivity index (χ4v) is 7.81. The highest BCUT2D eigenvalue weighted by Gasteiger charge is 2.57. The fraction of sp³-hybridized carbons (Fsp3) is 0.714. The molecular formula is C28H36F2O2. The zero-order valence-electron chi connectivity index (χ0n) is 19.8. The van der Waals surface area contributed by atoms with Gasteiger partial charge in [-0.2, -0.15) is 0 Å². The third-order valence-electron chi connectivity index (χ3n) is 9.24. The fourth-order valence-electron chi connectivity index (χ4n) is 7.81. The van der Waals surface area contributed by atoms with E-state index in [1.165, 1.54) is 5.57 Å². The second-order valence-electron chi connectivity index (χ2n) is 11.8. The van der Waals surface area contributed by atoms with E-state index in [0.717, 1.165) is 49.0 Å². The predicted molar refractivity (Wildman–Crippen MR) is 122 cm³/mol. The van der Waals surface area contributed by atoms with Gasteiger partial charge >= 0.3 is 0 Å². The molecule has 0 spiro atoms. The van der Waals surface area contributed by atoms with Crippen molar-refractivity contribution in [2.24, 2.45) is 29.6 Å². The highest BCUT2D eigenvalue weighted by atomic mass is 19.2. The number of hydrogen-bond donors (Lipinski definition) is 0. The van der Waals surface area contributed by atoms with E-state index in [0.29, 0.717) is 41.4 Å². The van der Waals surface area contributed by atoms with Gasteiger partial charge in [-0.1, -0.05) is 26.0 Å². The maximum Gasteiger partial charge on any atom is 0.145 e. The van der Waals surface area contributed by atoms with Gasteiger partial charge in [0.05, 0.1) is 18.1 Å². The molecule has 2 nitrogen and oxygen atoms in total. The van der Waals surface area contributed by atoms with E-state index in [-0.39, 0.29) is 18.6 Å². The van der Waals surface area contributed by atoms with Gasteiger partial charge in [0.25, 0.3) is 0 Å². The molecule has 4 heteroatoms. The van der Waals surface area contributed by atoms with E-state index in [4.69, 9.17) is 9.47 Å². The molecule has 6 aliphatic rings. The standard InChI is InChI=1S/C28H36F2O2/c1-14-5-20-9-18-8-17(4)28(30,11-22(18)26(20)31-12-14)24-23-19(7-16(3)25(24)29)10-21-6-15(2)13-32-27(21)23/h7-8,14-15,20-21,24-27H,5-6,9-13H2,1-4H3/t14?,15?,20?,21?,24-,25?,26?,27?,28?/m1/s1. The van der Waals surface area contributed by atoms with Crippen molar-refractivity contribution in [3.8, 4) is 0 Å². The van der Waals surface area contributed by atoms with Gasteiger partial charge in [-0.25, -0.2) is 8.78 Å². The summed E-state index contributed by atoms with van der Waals surface area (Å²) in [6.07, 6.45) is 6.95. The quantitative estimate of drug-likeness (QED) is 0.465. The average Bonchev–Trinajstić information content (AvgIpc) is 3.25. The Bertz CT molecular complexity index is 958. The molecule has 2 fully saturated rings. The normalized spacial score (nSPS) is 48.1. The first-order valence-electron chi connectivity index (χ1n) is 12.6. The number of fused-ring (bicyclic) bond motifs is 4. The Morgan fingerprint density at radius 1 is 0.906 bits per heavy atom. The molecule has 32 heavy (non-hydrogen) atoms. The lowest BCUT2D eigenvalue weighted by atomic mass is 9.65. The van der Waals surface area contributed by atoms with Crippen molar-refractivity contribution in [3.05, 3.63) is 45.6 Å². The molecule has 2 aliphatic heterocycles. The van der Waals surface area contributed by atoms with Gasteiger partial charge < -0.3 is 9.47 Å². The third-order valence-corrected chi connectivity index (χ3v) is 9.24. The van der Waals surface area contributed by atoms with E-state index in [2.05, 4.69) is 13.8 Å². The molecule has 0 N–H and O–H groups in total. The van der Waals surface area contributed by atoms with Crippen LogP contribution in [0.3, 0.4) is 0 Å². The van der Waals surface area contributed by atoms with Gasteiger partial charge in [0.15, 0.2) is 0 Å². The van der Waals surface area contributed by atoms with Crippen molar-refractivity contribution in [3.63, 3.8) is 0 Å². The minimum absolute atomic E-state index is 0.00974. The Balaban J connectivity index is 1.37. The monoisotopic (exact) mass is 442 g/mol. The molecule has 0 aromatic carbocycles. The Labute approximate surface area is 190 Å². The van der Waals surface area contributed by atoms with E-state index >= 15 is 8.78 Å². The van der Waals surface area contributed by atoms with Crippen LogP contribution in [0.1, 0.15) is 59.8 Å². The topological polar surface area (TPSA) is 18.5 Å². The molecule has 4 aliphatic carbocycles. The van der Waals surface area contributed by atoms with Crippen LogP contribution < -0.4 is 0 Å². The Morgan fingerprint density at radius 2 is 1.53 bits per heavy atom. The van der Waals surface area contributed by atoms with E-state index in [1.807, 2.05) is 26.0 Å². The Hall–Kier alpha value is -1.26. The summed E-state index contributed by atoms with van der Waals surface area (Å²) >= 11 is 0. The van der Waals surface area contributed by atoms with Gasteiger partial charge in [-0.3, -0.25) is 0 Å². The van der Waals surface area contributed by atoms with Crippen LogP contribution in [-0.4, -0.2) is 37.3 Å². The summed E-state index contributed by atoms with van der Waals surface area (Å²) in [7, 11) is 0. The smallest absolute Gasteiger partial charge is 0.145 e. The lowest BCUT2D eigenvalue weighted by Crippen LogP contribution is -2.48. The highest BCUT2D eigenvalue weighted by molar-refractivity contribution is 5.52. The lowest BCUT2D eigenvalue weighted by molar-refractivity contribution is -0.0408. The van der Waals surface area contributed by atoms with Gasteiger partial charge in [0, 0.05) is 19.6 Å². The molecule has 0 amide bonds. The molecular weight excluding hydrogens is 406 g/mol. The largest absolute Gasteiger partial charge is 0.373 e. The molecule has 2 saturated heterocycles. The number of allylic oxidation sites excluding steroid dienone is 6. The van der Waals surface area contributed by atoms with Crippen LogP contribution in [0.5, 0.6) is 0 Å². The van der Waals surface area contributed by atoms with Crippen molar-refractivity contribution in [2.45, 2.75) is 83.8 Å². The SMILES string of the molecule is CC1=CC2=C(C3OCC(C)CC3C2)[C@@H](C2(F)CC3=C(C=C2C)CC2CC(C)COC32)C1F. The van der Waals surface area contributed by atoms with E-state index in [1.54, 1.807) is 0 Å². The number of halogens is 2. The molecule has 0 saturated carbocycles. The van der Waals surface area contributed by atoms with Crippen molar-refractivity contribution in [1.82, 2.24) is 0 Å². The van der Waals surface area contributed by atoms with Gasteiger partial charge in [0.2, 0.25) is 0 Å². The van der Waals surface area contributed by atoms with Crippen LogP contribution in [0.4, 0.5) is 8.78 Å². The number of hydrogen-bond acceptors (Lipinski definition) is 2. The molecule has 0 radical (unpaired) electrons. The van der Waals surface area contributed by atoms with E-state index in [9.17, 15) is 0 Å². The molecule has 0 aromatic rings. The first kappa shape index (κ1) is 21.3. The lowest BCUT2D eigenvalue weighted by Gasteiger charge is -2.45. The molecule has 6 rings (SSSR count). The van der Waals surface area contributed by atoms with Crippen LogP contribution >= 0.6 is 0 Å². The summed E-state index contributed by atoms with van der Waals surface area (Å²) in [5.74, 6) is 1.06. The second-order valence-corrected chi connectivity index (χ2v) is 11.8. The summed E-state index contributed by atoms with van der Waals surface area (Å²) in [5, 5.41) is 0. The first-order valence-corrected chi connectivity index (χ1v) is 12.6. The second kappa shape index (κ2) is 7.37. The number of ether oxygens (including phenoxy) is 2. The summed E-state index contributed by atoms with van der Waals surface area (Å²) in [6, 6.07) is 0. The van der Waals surface area contributed by atoms with Crippen LogP contribution in [0.2, 0.25) is 0 Å². The molecule has 2 heterocycles. The highest BCUT2D eigenvalue weighted by Crippen LogP contribution is 2.58. The minimum Gasteiger partial charge on any atom is -0.373 e. The van der Waals surface area contributed by atoms with Crippen molar-refractivity contribution >= 4 is 0 Å². The van der Waals surface area contributed by atoms with Crippen LogP contribution in [0.25, 0.3) is 0 Å². The molecule has 174 valence electrons. The van der Waals surface area contributed by atoms with Gasteiger partial charge in [0.1, 0.15) is 11.8 Å². The maximum absolute atomic E-state index is 17.3. The number of rotatable bonds is 1. The summed E-state index contributed by atoms with van der Waals surface area (Å²) in [4.78, 5) is 0. The Morgan fingerprint density at radius 3 is 2.25 bits per heavy atom. The number of alkyl halides is 2. The zero-order valence-corrected chi connectivity index (χ0v) is 19.8. The summed E-state index contributed by atoms with van der Waals surface area (Å²) in [5.41, 5.74) is 4.04. The third kappa shape index (κ3) is 3.01.